The summed E-state index contributed by atoms with van der Waals surface area (Å²) in [6.07, 6.45) is 1.89. The van der Waals surface area contributed by atoms with Crippen LogP contribution in [-0.2, 0) is 23.0 Å². The maximum Gasteiger partial charge on any atom is 0.227 e. The molecule has 0 aliphatic carbocycles. The van der Waals surface area contributed by atoms with Crippen LogP contribution in [0.3, 0.4) is 0 Å². The summed E-state index contributed by atoms with van der Waals surface area (Å²) < 4.78 is 20.5. The van der Waals surface area contributed by atoms with Gasteiger partial charge in [0.15, 0.2) is 0 Å². The highest BCUT2D eigenvalue weighted by Gasteiger charge is 2.38. The average molecular weight is 407 g/mol. The van der Waals surface area contributed by atoms with E-state index in [0.717, 1.165) is 16.9 Å². The Kier molecular flexibility index (Phi) is 8.27. The van der Waals surface area contributed by atoms with E-state index in [-0.39, 0.29) is 36.5 Å². The standard InChI is InChI=1S/C17H23FN4O2.2ClH/c1-22-14-10-12(18)2-3-13(14)21-15(22)4-7-20-16(23)17(11-19)5-8-24-9-6-17;;/h2-3,10H,4-9,11,19H2,1H3,(H,20,23);2*1H. The summed E-state index contributed by atoms with van der Waals surface area (Å²) in [5.74, 6) is 0.512. The third kappa shape index (κ3) is 4.46. The number of imidazole rings is 1. The number of carbonyl (C=O) groups excluding carboxylic acids is 1. The van der Waals surface area contributed by atoms with Crippen LogP contribution in [0.1, 0.15) is 18.7 Å². The number of hydrogen-bond donors (Lipinski definition) is 2. The molecule has 0 unspecified atom stereocenters. The largest absolute Gasteiger partial charge is 0.381 e. The molecule has 26 heavy (non-hydrogen) atoms. The minimum Gasteiger partial charge on any atom is -0.381 e. The second-order valence-corrected chi connectivity index (χ2v) is 6.32. The van der Waals surface area contributed by atoms with Gasteiger partial charge in [0.25, 0.3) is 0 Å². The Bertz CT molecular complexity index is 748. The fraction of sp³-hybridized carbons (Fsp3) is 0.529. The zero-order valence-electron chi connectivity index (χ0n) is 14.7. The quantitative estimate of drug-likeness (QED) is 0.794. The van der Waals surface area contributed by atoms with Crippen molar-refractivity contribution >= 4 is 41.8 Å². The zero-order valence-corrected chi connectivity index (χ0v) is 16.3. The van der Waals surface area contributed by atoms with E-state index in [2.05, 4.69) is 10.3 Å². The van der Waals surface area contributed by atoms with Gasteiger partial charge in [-0.3, -0.25) is 4.79 Å². The highest BCUT2D eigenvalue weighted by Crippen LogP contribution is 2.29. The van der Waals surface area contributed by atoms with Crippen LogP contribution in [-0.4, -0.2) is 41.8 Å². The van der Waals surface area contributed by atoms with Crippen molar-refractivity contribution in [2.24, 2.45) is 18.2 Å². The van der Waals surface area contributed by atoms with Crippen molar-refractivity contribution in [1.29, 1.82) is 0 Å². The summed E-state index contributed by atoms with van der Waals surface area (Å²) in [7, 11) is 1.85. The van der Waals surface area contributed by atoms with Crippen molar-refractivity contribution in [2.75, 3.05) is 26.3 Å². The molecule has 2 aromatic rings. The van der Waals surface area contributed by atoms with Crippen LogP contribution < -0.4 is 11.1 Å². The molecule has 1 amide bonds. The molecule has 6 nitrogen and oxygen atoms in total. The summed E-state index contributed by atoms with van der Waals surface area (Å²) in [6.45, 7) is 1.94. The highest BCUT2D eigenvalue weighted by atomic mass is 35.5. The molecule has 1 aliphatic rings. The Morgan fingerprint density at radius 3 is 2.73 bits per heavy atom. The highest BCUT2D eigenvalue weighted by molar-refractivity contribution is 5.85. The van der Waals surface area contributed by atoms with Gasteiger partial charge in [-0.2, -0.15) is 0 Å². The number of ether oxygens (including phenoxy) is 1. The van der Waals surface area contributed by atoms with Gasteiger partial charge in [-0.05, 0) is 31.0 Å². The topological polar surface area (TPSA) is 82.2 Å². The lowest BCUT2D eigenvalue weighted by atomic mass is 9.79. The van der Waals surface area contributed by atoms with E-state index in [1.165, 1.54) is 12.1 Å². The first kappa shape index (κ1) is 22.6. The van der Waals surface area contributed by atoms with Gasteiger partial charge < -0.3 is 20.4 Å². The number of benzene rings is 1. The van der Waals surface area contributed by atoms with Gasteiger partial charge in [0, 0.05) is 39.8 Å². The summed E-state index contributed by atoms with van der Waals surface area (Å²) in [5.41, 5.74) is 6.82. The van der Waals surface area contributed by atoms with E-state index in [9.17, 15) is 9.18 Å². The molecule has 0 atom stereocenters. The lowest BCUT2D eigenvalue weighted by Gasteiger charge is -2.34. The van der Waals surface area contributed by atoms with Crippen molar-refractivity contribution in [2.45, 2.75) is 19.3 Å². The van der Waals surface area contributed by atoms with E-state index in [1.807, 2.05) is 11.6 Å². The monoisotopic (exact) mass is 406 g/mol. The van der Waals surface area contributed by atoms with E-state index in [0.29, 0.717) is 45.6 Å². The number of amides is 1. The molecular formula is C17H25Cl2FN4O2. The number of aromatic nitrogens is 2. The molecule has 1 aromatic carbocycles. The summed E-state index contributed by atoms with van der Waals surface area (Å²) in [4.78, 5) is 17.0. The molecule has 0 bridgehead atoms. The minimum absolute atomic E-state index is 0. The van der Waals surface area contributed by atoms with E-state index >= 15 is 0 Å². The normalized spacial score (nSPS) is 15.8. The second kappa shape index (κ2) is 9.50. The number of rotatable bonds is 5. The number of nitrogens with zero attached hydrogens (tertiary/aromatic N) is 2. The van der Waals surface area contributed by atoms with Gasteiger partial charge in [-0.25, -0.2) is 9.37 Å². The van der Waals surface area contributed by atoms with Crippen LogP contribution in [0.4, 0.5) is 4.39 Å². The molecule has 2 heterocycles. The molecule has 1 aromatic heterocycles. The molecule has 1 saturated heterocycles. The SMILES string of the molecule is Cl.Cl.Cn1c(CCNC(=O)C2(CN)CCOCC2)nc2ccc(F)cc21. The first-order valence-electron chi connectivity index (χ1n) is 8.23. The molecule has 0 spiro atoms. The van der Waals surface area contributed by atoms with Crippen molar-refractivity contribution in [3.63, 3.8) is 0 Å². The number of aryl methyl sites for hydroxylation is 1. The fourth-order valence-electron chi connectivity index (χ4n) is 3.20. The van der Waals surface area contributed by atoms with Gasteiger partial charge in [0.1, 0.15) is 11.6 Å². The number of nitrogens with one attached hydrogen (secondary N) is 1. The molecule has 1 aliphatic heterocycles. The first-order chi connectivity index (χ1) is 11.6. The summed E-state index contributed by atoms with van der Waals surface area (Å²) in [6, 6.07) is 4.53. The number of fused-ring (bicyclic) bond motifs is 1. The van der Waals surface area contributed by atoms with Crippen molar-refractivity contribution in [3.8, 4) is 0 Å². The molecule has 0 saturated carbocycles. The maximum atomic E-state index is 13.4. The Balaban J connectivity index is 0.00000169. The first-order valence-corrected chi connectivity index (χ1v) is 8.23. The Hall–Kier alpha value is -1.41. The number of halogens is 3. The van der Waals surface area contributed by atoms with Crippen LogP contribution in [0.15, 0.2) is 18.2 Å². The lowest BCUT2D eigenvalue weighted by molar-refractivity contribution is -0.135. The van der Waals surface area contributed by atoms with Crippen LogP contribution in [0, 0.1) is 11.2 Å². The molecule has 3 rings (SSSR count). The third-order valence-corrected chi connectivity index (χ3v) is 4.89. The smallest absolute Gasteiger partial charge is 0.227 e. The molecule has 3 N–H and O–H groups in total. The number of nitrogens with two attached hydrogens (primary N) is 1. The van der Waals surface area contributed by atoms with Gasteiger partial charge >= 0.3 is 0 Å². The van der Waals surface area contributed by atoms with E-state index in [1.54, 1.807) is 6.07 Å². The average Bonchev–Trinajstić information content (AvgIpc) is 2.91. The summed E-state index contributed by atoms with van der Waals surface area (Å²) in [5, 5.41) is 2.97. The Morgan fingerprint density at radius 1 is 1.38 bits per heavy atom. The van der Waals surface area contributed by atoms with Crippen molar-refractivity contribution < 1.29 is 13.9 Å². The predicted octanol–water partition coefficient (Wildman–Crippen LogP) is 1.97. The molecule has 146 valence electrons. The lowest BCUT2D eigenvalue weighted by Crippen LogP contribution is -2.49. The zero-order chi connectivity index (χ0) is 17.2. The third-order valence-electron chi connectivity index (χ3n) is 4.89. The summed E-state index contributed by atoms with van der Waals surface area (Å²) >= 11 is 0. The van der Waals surface area contributed by atoms with E-state index in [4.69, 9.17) is 10.5 Å². The number of hydrogen-bond acceptors (Lipinski definition) is 4. The van der Waals surface area contributed by atoms with Crippen LogP contribution >= 0.6 is 24.8 Å². The Labute approximate surface area is 164 Å². The van der Waals surface area contributed by atoms with Gasteiger partial charge in [0.2, 0.25) is 5.91 Å². The van der Waals surface area contributed by atoms with Gasteiger partial charge in [-0.15, -0.1) is 24.8 Å². The van der Waals surface area contributed by atoms with E-state index < -0.39 is 5.41 Å². The molecular weight excluding hydrogens is 382 g/mol. The van der Waals surface area contributed by atoms with Gasteiger partial charge in [0.05, 0.1) is 16.4 Å². The fourth-order valence-corrected chi connectivity index (χ4v) is 3.20. The number of carbonyl (C=O) groups is 1. The van der Waals surface area contributed by atoms with Crippen LogP contribution in [0.25, 0.3) is 11.0 Å². The van der Waals surface area contributed by atoms with Crippen molar-refractivity contribution in [3.05, 3.63) is 29.8 Å². The van der Waals surface area contributed by atoms with Gasteiger partial charge in [-0.1, -0.05) is 0 Å². The molecule has 1 fully saturated rings. The van der Waals surface area contributed by atoms with Crippen LogP contribution in [0.2, 0.25) is 0 Å². The second-order valence-electron chi connectivity index (χ2n) is 6.32. The van der Waals surface area contributed by atoms with Crippen molar-refractivity contribution in [1.82, 2.24) is 14.9 Å². The Morgan fingerprint density at radius 2 is 2.08 bits per heavy atom. The molecule has 0 radical (unpaired) electrons. The minimum atomic E-state index is -0.520. The van der Waals surface area contributed by atoms with Crippen LogP contribution in [0.5, 0.6) is 0 Å². The predicted molar refractivity (Wildman–Crippen MR) is 103 cm³/mol. The molecule has 9 heteroatoms. The maximum absolute atomic E-state index is 13.4.